The number of nitrogen functional groups attached to an aromatic ring is 1. The van der Waals surface area contributed by atoms with Crippen LogP contribution >= 0.6 is 11.8 Å². The molecule has 1 aromatic heterocycles. The lowest BCUT2D eigenvalue weighted by Gasteiger charge is -2.44. The summed E-state index contributed by atoms with van der Waals surface area (Å²) in [5, 5.41) is 8.21. The first-order valence-corrected chi connectivity index (χ1v) is 8.31. The van der Waals surface area contributed by atoms with Crippen molar-refractivity contribution in [3.63, 3.8) is 0 Å². The van der Waals surface area contributed by atoms with Crippen LogP contribution in [0, 0.1) is 5.92 Å². The summed E-state index contributed by atoms with van der Waals surface area (Å²) in [5.74, 6) is 7.00. The third-order valence-corrected chi connectivity index (χ3v) is 5.37. The largest absolute Gasteiger partial charge is 0.339 e. The molecule has 6 nitrogen and oxygen atoms in total. The van der Waals surface area contributed by atoms with E-state index in [4.69, 9.17) is 5.84 Å². The highest BCUT2D eigenvalue weighted by molar-refractivity contribution is 7.99. The number of nitrogens with zero attached hydrogens (tertiary/aromatic N) is 4. The number of amides is 1. The smallest absolute Gasteiger partial charge is 0.233 e. The number of piperidine rings is 1. The monoisotopic (exact) mass is 295 g/mol. The summed E-state index contributed by atoms with van der Waals surface area (Å²) in [7, 11) is 0. The zero-order chi connectivity index (χ0) is 13.9. The lowest BCUT2D eigenvalue weighted by molar-refractivity contribution is -0.134. The second kappa shape index (κ2) is 6.03. The molecule has 2 N–H and O–H groups in total. The number of fused-ring (bicyclic) bond motifs is 1. The molecule has 7 heteroatoms. The standard InChI is InChI=1S/C13H21N5OS/c14-18-9-15-16-13(18)20-8-12(19)17-7-3-5-10-4-1-2-6-11(10)17/h9-11H,1-8,14H2/t10-,11-/m0/s1. The molecule has 20 heavy (non-hydrogen) atoms. The van der Waals surface area contributed by atoms with Crippen LogP contribution in [-0.4, -0.2) is 44.0 Å². The van der Waals surface area contributed by atoms with Crippen LogP contribution in [0.1, 0.15) is 38.5 Å². The van der Waals surface area contributed by atoms with Gasteiger partial charge in [-0.2, -0.15) is 0 Å². The molecule has 0 bridgehead atoms. The first-order chi connectivity index (χ1) is 9.75. The van der Waals surface area contributed by atoms with E-state index in [1.165, 1.54) is 54.9 Å². The topological polar surface area (TPSA) is 77.0 Å². The van der Waals surface area contributed by atoms with E-state index in [-0.39, 0.29) is 5.91 Å². The van der Waals surface area contributed by atoms with E-state index < -0.39 is 0 Å². The Bertz CT molecular complexity index is 475. The van der Waals surface area contributed by atoms with E-state index >= 15 is 0 Å². The van der Waals surface area contributed by atoms with Gasteiger partial charge in [-0.3, -0.25) is 4.79 Å². The first-order valence-electron chi connectivity index (χ1n) is 7.33. The Labute approximate surface area is 123 Å². The highest BCUT2D eigenvalue weighted by Gasteiger charge is 2.35. The van der Waals surface area contributed by atoms with Gasteiger partial charge in [0.25, 0.3) is 0 Å². The van der Waals surface area contributed by atoms with Gasteiger partial charge in [-0.05, 0) is 31.6 Å². The van der Waals surface area contributed by atoms with Crippen molar-refractivity contribution in [1.29, 1.82) is 0 Å². The van der Waals surface area contributed by atoms with E-state index in [1.54, 1.807) is 0 Å². The van der Waals surface area contributed by atoms with Crippen LogP contribution in [0.25, 0.3) is 0 Å². The van der Waals surface area contributed by atoms with Gasteiger partial charge in [0, 0.05) is 12.6 Å². The third-order valence-electron chi connectivity index (χ3n) is 4.43. The quantitative estimate of drug-likeness (QED) is 0.671. The lowest BCUT2D eigenvalue weighted by atomic mass is 9.78. The van der Waals surface area contributed by atoms with E-state index in [1.807, 2.05) is 0 Å². The Morgan fingerprint density at radius 2 is 2.15 bits per heavy atom. The lowest BCUT2D eigenvalue weighted by Crippen LogP contribution is -2.50. The highest BCUT2D eigenvalue weighted by atomic mass is 32.2. The molecule has 1 amide bonds. The molecule has 0 unspecified atom stereocenters. The molecule has 2 heterocycles. The molecule has 1 saturated heterocycles. The summed E-state index contributed by atoms with van der Waals surface area (Å²) in [5.41, 5.74) is 0. The van der Waals surface area contributed by atoms with Crippen molar-refractivity contribution in [2.24, 2.45) is 5.92 Å². The van der Waals surface area contributed by atoms with Crippen LogP contribution in [0.4, 0.5) is 0 Å². The van der Waals surface area contributed by atoms with Crippen LogP contribution in [0.2, 0.25) is 0 Å². The van der Waals surface area contributed by atoms with Gasteiger partial charge in [0.15, 0.2) is 0 Å². The number of aromatic nitrogens is 3. The van der Waals surface area contributed by atoms with Crippen LogP contribution in [-0.2, 0) is 4.79 Å². The Morgan fingerprint density at radius 3 is 2.95 bits per heavy atom. The molecule has 2 fully saturated rings. The maximum atomic E-state index is 12.5. The SMILES string of the molecule is Nn1cnnc1SCC(=O)N1CCC[C@@H]2CCCC[C@@H]21. The molecule has 1 aromatic rings. The molecule has 110 valence electrons. The van der Waals surface area contributed by atoms with Gasteiger partial charge in [0.2, 0.25) is 11.1 Å². The molecule has 0 aromatic carbocycles. The average Bonchev–Trinajstić information content (AvgIpc) is 2.89. The number of carbonyl (C=O) groups excluding carboxylic acids is 1. The van der Waals surface area contributed by atoms with E-state index in [2.05, 4.69) is 15.1 Å². The fraction of sp³-hybridized carbons (Fsp3) is 0.769. The van der Waals surface area contributed by atoms with Gasteiger partial charge in [-0.15, -0.1) is 10.2 Å². The first kappa shape index (κ1) is 13.7. The summed E-state index contributed by atoms with van der Waals surface area (Å²) < 4.78 is 1.36. The number of hydrogen-bond acceptors (Lipinski definition) is 5. The number of rotatable bonds is 3. The summed E-state index contributed by atoms with van der Waals surface area (Å²) >= 11 is 1.37. The Hall–Kier alpha value is -1.24. The molecule has 0 radical (unpaired) electrons. The minimum absolute atomic E-state index is 0.217. The molecule has 1 aliphatic carbocycles. The van der Waals surface area contributed by atoms with Crippen LogP contribution in [0.5, 0.6) is 0 Å². The second-order valence-electron chi connectivity index (χ2n) is 5.65. The van der Waals surface area contributed by atoms with E-state index in [0.29, 0.717) is 17.0 Å². The summed E-state index contributed by atoms with van der Waals surface area (Å²) in [6, 6.07) is 0.473. The summed E-state index contributed by atoms with van der Waals surface area (Å²) in [4.78, 5) is 14.6. The maximum Gasteiger partial charge on any atom is 0.233 e. The number of thioether (sulfide) groups is 1. The highest BCUT2D eigenvalue weighted by Crippen LogP contribution is 2.35. The van der Waals surface area contributed by atoms with Crippen LogP contribution < -0.4 is 5.84 Å². The predicted octanol–water partition coefficient (Wildman–Crippen LogP) is 1.27. The van der Waals surface area contributed by atoms with Crippen molar-refractivity contribution in [3.05, 3.63) is 6.33 Å². The normalized spacial score (nSPS) is 26.3. The molecule has 1 aliphatic heterocycles. The van der Waals surface area contributed by atoms with Crippen molar-refractivity contribution >= 4 is 17.7 Å². The molecule has 0 spiro atoms. The zero-order valence-electron chi connectivity index (χ0n) is 11.6. The second-order valence-corrected chi connectivity index (χ2v) is 6.59. The predicted molar refractivity (Wildman–Crippen MR) is 77.6 cm³/mol. The minimum atomic E-state index is 0.217. The van der Waals surface area contributed by atoms with Gasteiger partial charge in [-0.25, -0.2) is 4.68 Å². The van der Waals surface area contributed by atoms with Gasteiger partial charge < -0.3 is 10.7 Å². The zero-order valence-corrected chi connectivity index (χ0v) is 12.4. The van der Waals surface area contributed by atoms with E-state index in [9.17, 15) is 4.79 Å². The van der Waals surface area contributed by atoms with Gasteiger partial charge in [0.1, 0.15) is 6.33 Å². The molecular weight excluding hydrogens is 274 g/mol. The van der Waals surface area contributed by atoms with E-state index in [0.717, 1.165) is 18.9 Å². The number of carbonyl (C=O) groups is 1. The number of hydrogen-bond donors (Lipinski definition) is 1. The van der Waals surface area contributed by atoms with Gasteiger partial charge >= 0.3 is 0 Å². The van der Waals surface area contributed by atoms with Crippen LogP contribution in [0.3, 0.4) is 0 Å². The number of nitrogens with two attached hydrogens (primary N) is 1. The number of likely N-dealkylation sites (tertiary alicyclic amines) is 1. The Balaban J connectivity index is 1.59. The third kappa shape index (κ3) is 2.77. The van der Waals surface area contributed by atoms with Crippen molar-refractivity contribution in [3.8, 4) is 0 Å². The molecule has 3 rings (SSSR count). The van der Waals surface area contributed by atoms with Crippen molar-refractivity contribution in [1.82, 2.24) is 19.8 Å². The van der Waals surface area contributed by atoms with Gasteiger partial charge in [0.05, 0.1) is 5.75 Å². The summed E-state index contributed by atoms with van der Waals surface area (Å²) in [6.45, 7) is 0.913. The molecule has 2 aliphatic rings. The molecular formula is C13H21N5OS. The fourth-order valence-corrected chi connectivity index (χ4v) is 4.20. The van der Waals surface area contributed by atoms with Crippen LogP contribution in [0.15, 0.2) is 11.5 Å². The fourth-order valence-electron chi connectivity index (χ4n) is 3.48. The van der Waals surface area contributed by atoms with Crippen molar-refractivity contribution in [2.45, 2.75) is 49.7 Å². The van der Waals surface area contributed by atoms with Crippen molar-refractivity contribution in [2.75, 3.05) is 18.1 Å². The average molecular weight is 295 g/mol. The minimum Gasteiger partial charge on any atom is -0.339 e. The summed E-state index contributed by atoms with van der Waals surface area (Å²) in [6.07, 6.45) is 8.94. The molecule has 1 saturated carbocycles. The maximum absolute atomic E-state index is 12.5. The Morgan fingerprint density at radius 1 is 1.35 bits per heavy atom. The van der Waals surface area contributed by atoms with Crippen molar-refractivity contribution < 1.29 is 4.79 Å². The Kier molecular flexibility index (Phi) is 4.14. The van der Waals surface area contributed by atoms with Gasteiger partial charge in [-0.1, -0.05) is 24.6 Å². The molecule has 2 atom stereocenters.